The van der Waals surface area contributed by atoms with Crippen molar-refractivity contribution in [3.8, 4) is 5.75 Å². The number of aromatic hydroxyl groups is 1. The zero-order chi connectivity index (χ0) is 10.2. The fraction of sp³-hybridized carbons (Fsp3) is 0.556. The molecule has 0 atom stereocenters. The lowest BCUT2D eigenvalue weighted by Crippen LogP contribution is -2.05. The molecule has 72 valence electrons. The van der Waals surface area contributed by atoms with E-state index >= 15 is 0 Å². The van der Waals surface area contributed by atoms with Crippen LogP contribution in [-0.2, 0) is 0 Å². The Morgan fingerprint density at radius 2 is 2.08 bits per heavy atom. The van der Waals surface area contributed by atoms with Crippen LogP contribution in [0.2, 0.25) is 0 Å². The first-order valence-corrected chi connectivity index (χ1v) is 4.24. The fourth-order valence-electron chi connectivity index (χ4n) is 1.25. The van der Waals surface area contributed by atoms with Gasteiger partial charge in [0.2, 0.25) is 0 Å². The first-order chi connectivity index (χ1) is 5.95. The first kappa shape index (κ1) is 9.77. The maximum Gasteiger partial charge on any atom is 0.183 e. The molecule has 0 spiro atoms. The third-order valence-corrected chi connectivity index (χ3v) is 1.94. The van der Waals surface area contributed by atoms with Crippen LogP contribution in [0.3, 0.4) is 0 Å². The summed E-state index contributed by atoms with van der Waals surface area (Å²) in [4.78, 5) is 11.0. The van der Waals surface area contributed by atoms with E-state index in [-0.39, 0.29) is 23.3 Å². The quantitative estimate of drug-likeness (QED) is 0.708. The molecule has 4 nitrogen and oxygen atoms in total. The van der Waals surface area contributed by atoms with Gasteiger partial charge < -0.3 is 5.11 Å². The van der Waals surface area contributed by atoms with Crippen LogP contribution in [0.15, 0.2) is 0 Å². The highest BCUT2D eigenvalue weighted by atomic mass is 16.3. The molecule has 0 aliphatic heterocycles. The summed E-state index contributed by atoms with van der Waals surface area (Å²) in [6, 6.07) is 0.152. The average molecular weight is 182 g/mol. The summed E-state index contributed by atoms with van der Waals surface area (Å²) in [6.45, 7) is 7.04. The maximum atomic E-state index is 11.0. The minimum atomic E-state index is -0.208. The zero-order valence-corrected chi connectivity index (χ0v) is 8.33. The van der Waals surface area contributed by atoms with Crippen LogP contribution in [0.25, 0.3) is 0 Å². The summed E-state index contributed by atoms with van der Waals surface area (Å²) < 4.78 is 1.64. The van der Waals surface area contributed by atoms with Crippen LogP contribution in [0.4, 0.5) is 0 Å². The van der Waals surface area contributed by atoms with E-state index in [0.29, 0.717) is 5.69 Å². The van der Waals surface area contributed by atoms with E-state index in [1.165, 1.54) is 6.92 Å². The van der Waals surface area contributed by atoms with Crippen LogP contribution in [0.1, 0.15) is 43.0 Å². The molecule has 13 heavy (non-hydrogen) atoms. The number of carbonyl (C=O) groups excluding carboxylic acids is 1. The molecular formula is C9H14N2O2. The van der Waals surface area contributed by atoms with Crippen LogP contribution < -0.4 is 0 Å². The standard InChI is InChI=1S/C9H14N2O2/c1-5(2)11-6(3)9(13)8(10-11)7(4)12/h5,13H,1-4H3. The van der Waals surface area contributed by atoms with Gasteiger partial charge in [0.1, 0.15) is 0 Å². The molecule has 0 amide bonds. The third-order valence-electron chi connectivity index (χ3n) is 1.94. The number of hydrogen-bond donors (Lipinski definition) is 1. The first-order valence-electron chi connectivity index (χ1n) is 4.24. The topological polar surface area (TPSA) is 55.1 Å². The van der Waals surface area contributed by atoms with E-state index < -0.39 is 0 Å². The minimum Gasteiger partial charge on any atom is -0.504 e. The van der Waals surface area contributed by atoms with Crippen LogP contribution >= 0.6 is 0 Å². The van der Waals surface area contributed by atoms with Crippen molar-refractivity contribution >= 4 is 5.78 Å². The molecule has 0 unspecified atom stereocenters. The molecule has 1 heterocycles. The van der Waals surface area contributed by atoms with E-state index in [2.05, 4.69) is 5.10 Å². The van der Waals surface area contributed by atoms with Crippen molar-refractivity contribution in [3.05, 3.63) is 11.4 Å². The van der Waals surface area contributed by atoms with Crippen molar-refractivity contribution in [1.82, 2.24) is 9.78 Å². The second-order valence-electron chi connectivity index (χ2n) is 3.38. The highest BCUT2D eigenvalue weighted by Gasteiger charge is 2.17. The molecule has 0 aliphatic carbocycles. The van der Waals surface area contributed by atoms with Gasteiger partial charge in [-0.05, 0) is 20.8 Å². The van der Waals surface area contributed by atoms with Crippen molar-refractivity contribution in [1.29, 1.82) is 0 Å². The van der Waals surface area contributed by atoms with Crippen LogP contribution in [-0.4, -0.2) is 20.7 Å². The Hall–Kier alpha value is -1.32. The van der Waals surface area contributed by atoms with E-state index in [1.54, 1.807) is 11.6 Å². The Morgan fingerprint density at radius 1 is 1.54 bits per heavy atom. The second-order valence-corrected chi connectivity index (χ2v) is 3.38. The molecular weight excluding hydrogens is 168 g/mol. The monoisotopic (exact) mass is 182 g/mol. The van der Waals surface area contributed by atoms with Gasteiger partial charge in [0.05, 0.1) is 5.69 Å². The molecule has 0 fully saturated rings. The van der Waals surface area contributed by atoms with Crippen molar-refractivity contribution in [2.45, 2.75) is 33.7 Å². The van der Waals surface area contributed by atoms with Gasteiger partial charge in [0.15, 0.2) is 17.2 Å². The average Bonchev–Trinajstić information content (AvgIpc) is 2.29. The number of rotatable bonds is 2. The molecule has 1 rings (SSSR count). The van der Waals surface area contributed by atoms with E-state index in [0.717, 1.165) is 0 Å². The molecule has 0 saturated heterocycles. The third kappa shape index (κ3) is 1.56. The molecule has 0 bridgehead atoms. The van der Waals surface area contributed by atoms with Crippen LogP contribution in [0, 0.1) is 6.92 Å². The Bertz CT molecular complexity index is 340. The number of Topliss-reactive ketones (excluding diaryl/α,β-unsaturated/α-hetero) is 1. The molecule has 0 saturated carbocycles. The predicted molar refractivity (Wildman–Crippen MR) is 49.0 cm³/mol. The summed E-state index contributed by atoms with van der Waals surface area (Å²) in [5.74, 6) is -0.207. The van der Waals surface area contributed by atoms with Crippen LogP contribution in [0.5, 0.6) is 5.75 Å². The zero-order valence-electron chi connectivity index (χ0n) is 8.33. The lowest BCUT2D eigenvalue weighted by Gasteiger charge is -2.06. The Labute approximate surface area is 77.2 Å². The predicted octanol–water partition coefficient (Wildman–Crippen LogP) is 1.68. The normalized spacial score (nSPS) is 10.8. The SMILES string of the molecule is CC(=O)c1nn(C(C)C)c(C)c1O. The maximum absolute atomic E-state index is 11.0. The smallest absolute Gasteiger partial charge is 0.183 e. The fourth-order valence-corrected chi connectivity index (χ4v) is 1.25. The number of hydrogen-bond acceptors (Lipinski definition) is 3. The summed E-state index contributed by atoms with van der Waals surface area (Å²) in [6.07, 6.45) is 0. The number of ketones is 1. The highest BCUT2D eigenvalue weighted by molar-refractivity contribution is 5.94. The number of aromatic nitrogens is 2. The van der Waals surface area contributed by atoms with Gasteiger partial charge in [0.25, 0.3) is 0 Å². The van der Waals surface area contributed by atoms with Crippen molar-refractivity contribution in [3.63, 3.8) is 0 Å². The molecule has 1 N–H and O–H groups in total. The Balaban J connectivity index is 3.28. The summed E-state index contributed by atoms with van der Waals surface area (Å²) in [5.41, 5.74) is 0.798. The van der Waals surface area contributed by atoms with E-state index in [1.807, 2.05) is 13.8 Å². The molecule has 1 aromatic heterocycles. The lowest BCUT2D eigenvalue weighted by molar-refractivity contribution is 0.100. The molecule has 0 radical (unpaired) electrons. The Morgan fingerprint density at radius 3 is 2.31 bits per heavy atom. The van der Waals surface area contributed by atoms with Gasteiger partial charge in [-0.2, -0.15) is 5.10 Å². The van der Waals surface area contributed by atoms with E-state index in [9.17, 15) is 9.90 Å². The Kier molecular flexibility index (Phi) is 2.40. The van der Waals surface area contributed by atoms with Gasteiger partial charge in [0, 0.05) is 13.0 Å². The van der Waals surface area contributed by atoms with Gasteiger partial charge in [-0.25, -0.2) is 0 Å². The largest absolute Gasteiger partial charge is 0.504 e. The lowest BCUT2D eigenvalue weighted by atomic mass is 10.2. The highest BCUT2D eigenvalue weighted by Crippen LogP contribution is 2.23. The molecule has 4 heteroatoms. The summed E-state index contributed by atoms with van der Waals surface area (Å²) in [7, 11) is 0. The second kappa shape index (κ2) is 3.20. The van der Waals surface area contributed by atoms with Gasteiger partial charge in [-0.1, -0.05) is 0 Å². The van der Waals surface area contributed by atoms with Gasteiger partial charge in [-0.3, -0.25) is 9.48 Å². The van der Waals surface area contributed by atoms with Gasteiger partial charge >= 0.3 is 0 Å². The number of carbonyl (C=O) groups is 1. The minimum absolute atomic E-state index is 0.00111. The van der Waals surface area contributed by atoms with Gasteiger partial charge in [-0.15, -0.1) is 0 Å². The van der Waals surface area contributed by atoms with Crippen molar-refractivity contribution < 1.29 is 9.90 Å². The van der Waals surface area contributed by atoms with Crippen molar-refractivity contribution in [2.75, 3.05) is 0 Å². The van der Waals surface area contributed by atoms with Crippen molar-refractivity contribution in [2.24, 2.45) is 0 Å². The summed E-state index contributed by atoms with van der Waals surface area (Å²) in [5, 5.41) is 13.6. The summed E-state index contributed by atoms with van der Waals surface area (Å²) >= 11 is 0. The van der Waals surface area contributed by atoms with E-state index in [4.69, 9.17) is 0 Å². The molecule has 0 aliphatic rings. The molecule has 1 aromatic rings. The number of nitrogens with zero attached hydrogens (tertiary/aromatic N) is 2. The molecule has 0 aromatic carbocycles.